The molecule has 0 aliphatic rings. The van der Waals surface area contributed by atoms with Gasteiger partial charge in [-0.05, 0) is 30.3 Å². The third-order valence-electron chi connectivity index (χ3n) is 2.68. The van der Waals surface area contributed by atoms with E-state index in [9.17, 15) is 13.2 Å². The smallest absolute Gasteiger partial charge is 0.417 e. The molecule has 0 aliphatic carbocycles. The van der Waals surface area contributed by atoms with Crippen LogP contribution in [0.25, 0.3) is 0 Å². The standard InChI is InChI=1S/C14H11BrF3NOS/c1-20-12-4-3-11(15)6-9(12)8-21-13-5-2-10(7-19-13)14(16,17)18/h2-7H,8H2,1H3. The number of aromatic nitrogens is 1. The highest BCUT2D eigenvalue weighted by molar-refractivity contribution is 9.10. The number of thioether (sulfide) groups is 1. The molecule has 2 rings (SSSR count). The maximum absolute atomic E-state index is 12.4. The maximum Gasteiger partial charge on any atom is 0.417 e. The zero-order valence-electron chi connectivity index (χ0n) is 10.9. The monoisotopic (exact) mass is 377 g/mol. The first-order valence-electron chi connectivity index (χ1n) is 5.88. The highest BCUT2D eigenvalue weighted by Crippen LogP contribution is 2.32. The van der Waals surface area contributed by atoms with Gasteiger partial charge in [0, 0.05) is 22.0 Å². The van der Waals surface area contributed by atoms with Crippen molar-refractivity contribution in [1.29, 1.82) is 0 Å². The van der Waals surface area contributed by atoms with E-state index in [1.165, 1.54) is 17.8 Å². The Balaban J connectivity index is 2.08. The average Bonchev–Trinajstić information content (AvgIpc) is 2.45. The minimum Gasteiger partial charge on any atom is -0.496 e. The predicted octanol–water partition coefficient (Wildman–Crippen LogP) is 5.16. The summed E-state index contributed by atoms with van der Waals surface area (Å²) in [5.41, 5.74) is 0.199. The van der Waals surface area contributed by atoms with Crippen LogP contribution in [-0.4, -0.2) is 12.1 Å². The van der Waals surface area contributed by atoms with Crippen LogP contribution in [0.1, 0.15) is 11.1 Å². The Morgan fingerprint density at radius 3 is 2.57 bits per heavy atom. The van der Waals surface area contributed by atoms with Crippen molar-refractivity contribution < 1.29 is 17.9 Å². The SMILES string of the molecule is COc1ccc(Br)cc1CSc1ccc(C(F)(F)F)cn1. The third-order valence-corrected chi connectivity index (χ3v) is 4.17. The van der Waals surface area contributed by atoms with Crippen molar-refractivity contribution in [3.63, 3.8) is 0 Å². The summed E-state index contributed by atoms with van der Waals surface area (Å²) in [6.07, 6.45) is -3.51. The summed E-state index contributed by atoms with van der Waals surface area (Å²) in [5, 5.41) is 0.532. The van der Waals surface area contributed by atoms with Crippen LogP contribution >= 0.6 is 27.7 Å². The van der Waals surface area contributed by atoms with Gasteiger partial charge in [0.15, 0.2) is 0 Å². The van der Waals surface area contributed by atoms with Gasteiger partial charge >= 0.3 is 6.18 Å². The summed E-state index contributed by atoms with van der Waals surface area (Å²) >= 11 is 4.73. The van der Waals surface area contributed by atoms with E-state index >= 15 is 0 Å². The molecule has 0 aliphatic heterocycles. The van der Waals surface area contributed by atoms with Gasteiger partial charge in [0.2, 0.25) is 0 Å². The van der Waals surface area contributed by atoms with Crippen LogP contribution in [0.5, 0.6) is 5.75 Å². The Labute approximate surface area is 132 Å². The molecule has 1 aromatic heterocycles. The lowest BCUT2D eigenvalue weighted by Crippen LogP contribution is -2.05. The number of rotatable bonds is 4. The van der Waals surface area contributed by atoms with Crippen LogP contribution in [0.4, 0.5) is 13.2 Å². The maximum atomic E-state index is 12.4. The number of hydrogen-bond acceptors (Lipinski definition) is 3. The summed E-state index contributed by atoms with van der Waals surface area (Å²) in [6.45, 7) is 0. The highest BCUT2D eigenvalue weighted by Gasteiger charge is 2.30. The molecule has 21 heavy (non-hydrogen) atoms. The first-order valence-corrected chi connectivity index (χ1v) is 7.66. The number of alkyl halides is 3. The van der Waals surface area contributed by atoms with Crippen LogP contribution < -0.4 is 4.74 Å². The first kappa shape index (κ1) is 16.2. The molecule has 0 spiro atoms. The van der Waals surface area contributed by atoms with E-state index in [1.807, 2.05) is 18.2 Å². The van der Waals surface area contributed by atoms with Gasteiger partial charge in [-0.2, -0.15) is 13.2 Å². The molecule has 0 saturated heterocycles. The van der Waals surface area contributed by atoms with Gasteiger partial charge in [-0.3, -0.25) is 0 Å². The van der Waals surface area contributed by atoms with Gasteiger partial charge in [-0.15, -0.1) is 11.8 Å². The Morgan fingerprint density at radius 1 is 1.24 bits per heavy atom. The topological polar surface area (TPSA) is 22.1 Å². The van der Waals surface area contributed by atoms with Crippen molar-refractivity contribution in [3.8, 4) is 5.75 Å². The highest BCUT2D eigenvalue weighted by atomic mass is 79.9. The number of halogens is 4. The van der Waals surface area contributed by atoms with Crippen LogP contribution in [0.2, 0.25) is 0 Å². The fourth-order valence-corrected chi connectivity index (χ4v) is 2.87. The number of ether oxygens (including phenoxy) is 1. The Kier molecular flexibility index (Phi) is 5.16. The van der Waals surface area contributed by atoms with Crippen molar-refractivity contribution in [2.75, 3.05) is 7.11 Å². The lowest BCUT2D eigenvalue weighted by molar-refractivity contribution is -0.137. The molecule has 0 atom stereocenters. The molecule has 0 saturated carbocycles. The minimum absolute atomic E-state index is 0.532. The minimum atomic E-state index is -4.36. The number of methoxy groups -OCH3 is 1. The van der Waals surface area contributed by atoms with E-state index in [1.54, 1.807) is 7.11 Å². The second-order valence-corrected chi connectivity index (χ2v) is 6.04. The number of benzene rings is 1. The fraction of sp³-hybridized carbons (Fsp3) is 0.214. The third kappa shape index (κ3) is 4.38. The molecule has 0 bridgehead atoms. The van der Waals surface area contributed by atoms with Crippen molar-refractivity contribution >= 4 is 27.7 Å². The first-order chi connectivity index (χ1) is 9.90. The molecular formula is C14H11BrF3NOS. The predicted molar refractivity (Wildman–Crippen MR) is 79.5 cm³/mol. The van der Waals surface area contributed by atoms with Crippen molar-refractivity contribution in [2.24, 2.45) is 0 Å². The quantitative estimate of drug-likeness (QED) is 0.686. The molecule has 0 N–H and O–H groups in total. The van der Waals surface area contributed by atoms with Gasteiger partial charge in [0.25, 0.3) is 0 Å². The molecule has 2 aromatic rings. The second kappa shape index (κ2) is 6.70. The lowest BCUT2D eigenvalue weighted by atomic mass is 10.2. The number of nitrogens with zero attached hydrogens (tertiary/aromatic N) is 1. The van der Waals surface area contributed by atoms with E-state index in [2.05, 4.69) is 20.9 Å². The van der Waals surface area contributed by atoms with Gasteiger partial charge < -0.3 is 4.74 Å². The summed E-state index contributed by atoms with van der Waals surface area (Å²) in [6, 6.07) is 8.02. The van der Waals surface area contributed by atoms with E-state index in [0.29, 0.717) is 10.8 Å². The van der Waals surface area contributed by atoms with Crippen molar-refractivity contribution in [2.45, 2.75) is 17.0 Å². The van der Waals surface area contributed by atoms with Gasteiger partial charge in [0.05, 0.1) is 17.7 Å². The van der Waals surface area contributed by atoms with E-state index < -0.39 is 11.7 Å². The van der Waals surface area contributed by atoms with Gasteiger partial charge in [0.1, 0.15) is 5.75 Å². The fourth-order valence-electron chi connectivity index (χ4n) is 1.65. The molecule has 112 valence electrons. The van der Waals surface area contributed by atoms with E-state index in [-0.39, 0.29) is 0 Å². The normalized spacial score (nSPS) is 11.5. The summed E-state index contributed by atoms with van der Waals surface area (Å²) in [5.74, 6) is 1.29. The van der Waals surface area contributed by atoms with Crippen LogP contribution in [0.3, 0.4) is 0 Å². The van der Waals surface area contributed by atoms with Crippen molar-refractivity contribution in [3.05, 3.63) is 52.1 Å². The van der Waals surface area contributed by atoms with E-state index in [0.717, 1.165) is 28.0 Å². The Bertz CT molecular complexity index is 617. The van der Waals surface area contributed by atoms with Gasteiger partial charge in [-0.25, -0.2) is 4.98 Å². The largest absolute Gasteiger partial charge is 0.496 e. The van der Waals surface area contributed by atoms with Crippen LogP contribution in [0.15, 0.2) is 46.0 Å². The Hall–Kier alpha value is -1.21. The van der Waals surface area contributed by atoms with Crippen LogP contribution in [0, 0.1) is 0 Å². The molecule has 1 aromatic carbocycles. The summed E-state index contributed by atoms with van der Waals surface area (Å²) in [7, 11) is 1.58. The number of pyridine rings is 1. The number of hydrogen-bond donors (Lipinski definition) is 0. The molecule has 0 amide bonds. The van der Waals surface area contributed by atoms with Crippen molar-refractivity contribution in [1.82, 2.24) is 4.98 Å². The zero-order chi connectivity index (χ0) is 15.5. The molecule has 2 nitrogen and oxygen atoms in total. The second-order valence-electron chi connectivity index (χ2n) is 4.13. The molecule has 0 fully saturated rings. The zero-order valence-corrected chi connectivity index (χ0v) is 13.3. The van der Waals surface area contributed by atoms with Crippen LogP contribution in [-0.2, 0) is 11.9 Å². The molecule has 0 radical (unpaired) electrons. The molecule has 0 unspecified atom stereocenters. The Morgan fingerprint density at radius 2 is 2.00 bits per heavy atom. The van der Waals surface area contributed by atoms with Gasteiger partial charge in [-0.1, -0.05) is 15.9 Å². The van der Waals surface area contributed by atoms with E-state index in [4.69, 9.17) is 4.74 Å². The lowest BCUT2D eigenvalue weighted by Gasteiger charge is -2.09. The summed E-state index contributed by atoms with van der Waals surface area (Å²) < 4.78 is 43.5. The molecule has 7 heteroatoms. The molecule has 1 heterocycles. The molecular weight excluding hydrogens is 367 g/mol. The average molecular weight is 378 g/mol. The summed E-state index contributed by atoms with van der Waals surface area (Å²) in [4.78, 5) is 3.83.